The standard InChI is InChI=1S/C14H16N2O3S/c1-8-2-3-9-10(7-15)14(20-11(9)6-8)16-12(17)4-5-13(18)19/h8H,2-6H2,1H3,(H,16,17)(H,18,19)/p-1/t8-/m1/s1. The first-order valence-electron chi connectivity index (χ1n) is 6.55. The van der Waals surface area contributed by atoms with E-state index < -0.39 is 11.9 Å². The number of hydrogen-bond acceptors (Lipinski definition) is 5. The summed E-state index contributed by atoms with van der Waals surface area (Å²) in [6.45, 7) is 2.17. The first-order chi connectivity index (χ1) is 9.51. The smallest absolute Gasteiger partial charge is 0.225 e. The lowest BCUT2D eigenvalue weighted by Gasteiger charge is -2.17. The molecular weight excluding hydrogens is 276 g/mol. The van der Waals surface area contributed by atoms with E-state index in [9.17, 15) is 20.0 Å². The van der Waals surface area contributed by atoms with Crippen LogP contribution >= 0.6 is 11.3 Å². The van der Waals surface area contributed by atoms with Crippen LogP contribution in [0.4, 0.5) is 5.00 Å². The Hall–Kier alpha value is -1.87. The van der Waals surface area contributed by atoms with E-state index in [1.807, 2.05) is 0 Å². The van der Waals surface area contributed by atoms with Crippen molar-refractivity contribution in [1.82, 2.24) is 0 Å². The Kier molecular flexibility index (Phi) is 4.40. The SMILES string of the molecule is C[C@@H]1CCc2c(sc(NC(=O)CCC(=O)[O-])c2C#N)C1. The molecule has 0 unspecified atom stereocenters. The summed E-state index contributed by atoms with van der Waals surface area (Å²) in [6, 6.07) is 2.16. The van der Waals surface area contributed by atoms with Gasteiger partial charge in [-0.25, -0.2) is 0 Å². The summed E-state index contributed by atoms with van der Waals surface area (Å²) in [6.07, 6.45) is 2.41. The zero-order valence-corrected chi connectivity index (χ0v) is 12.0. The Bertz CT molecular complexity index is 586. The molecule has 20 heavy (non-hydrogen) atoms. The number of nitrogens with one attached hydrogen (secondary N) is 1. The van der Waals surface area contributed by atoms with Crippen LogP contribution in [0.25, 0.3) is 0 Å². The Labute approximate surface area is 121 Å². The highest BCUT2D eigenvalue weighted by atomic mass is 32.1. The quantitative estimate of drug-likeness (QED) is 0.902. The van der Waals surface area contributed by atoms with Crippen molar-refractivity contribution in [2.45, 2.75) is 39.0 Å². The van der Waals surface area contributed by atoms with Crippen molar-refractivity contribution >= 4 is 28.2 Å². The predicted molar refractivity (Wildman–Crippen MR) is 73.1 cm³/mol. The molecule has 0 saturated carbocycles. The molecule has 1 aromatic heterocycles. The van der Waals surface area contributed by atoms with E-state index in [2.05, 4.69) is 18.3 Å². The summed E-state index contributed by atoms with van der Waals surface area (Å²) in [5, 5.41) is 22.8. The van der Waals surface area contributed by atoms with Crippen LogP contribution in [0.2, 0.25) is 0 Å². The zero-order chi connectivity index (χ0) is 14.7. The van der Waals surface area contributed by atoms with E-state index in [-0.39, 0.29) is 12.8 Å². The third-order valence-corrected chi connectivity index (χ3v) is 4.60. The number of rotatable bonds is 4. The molecule has 0 bridgehead atoms. The number of carbonyl (C=O) groups is 2. The van der Waals surface area contributed by atoms with E-state index in [1.165, 1.54) is 11.3 Å². The summed E-state index contributed by atoms with van der Waals surface area (Å²) in [5.41, 5.74) is 1.59. The van der Waals surface area contributed by atoms with E-state index in [0.717, 1.165) is 29.7 Å². The minimum atomic E-state index is -1.25. The summed E-state index contributed by atoms with van der Waals surface area (Å²) in [7, 11) is 0. The topological polar surface area (TPSA) is 93.0 Å². The molecule has 1 heterocycles. The maximum absolute atomic E-state index is 11.7. The number of hydrogen-bond donors (Lipinski definition) is 1. The minimum Gasteiger partial charge on any atom is -0.550 e. The van der Waals surface area contributed by atoms with Gasteiger partial charge in [0.25, 0.3) is 0 Å². The van der Waals surface area contributed by atoms with Gasteiger partial charge >= 0.3 is 0 Å². The van der Waals surface area contributed by atoms with Crippen LogP contribution in [0.15, 0.2) is 0 Å². The first kappa shape index (κ1) is 14.5. The highest BCUT2D eigenvalue weighted by Gasteiger charge is 2.24. The molecule has 0 spiro atoms. The number of nitriles is 1. The number of aliphatic carboxylic acids is 1. The lowest BCUT2D eigenvalue weighted by Crippen LogP contribution is -2.24. The molecule has 6 heteroatoms. The van der Waals surface area contributed by atoms with Crippen LogP contribution < -0.4 is 10.4 Å². The van der Waals surface area contributed by atoms with Crippen LogP contribution in [0.5, 0.6) is 0 Å². The monoisotopic (exact) mass is 291 g/mol. The average molecular weight is 291 g/mol. The third-order valence-electron chi connectivity index (χ3n) is 3.43. The molecule has 1 atom stereocenters. The number of anilines is 1. The number of fused-ring (bicyclic) bond motifs is 1. The fraction of sp³-hybridized carbons (Fsp3) is 0.500. The van der Waals surface area contributed by atoms with Crippen LogP contribution in [0.3, 0.4) is 0 Å². The van der Waals surface area contributed by atoms with Gasteiger partial charge in [-0.3, -0.25) is 4.79 Å². The van der Waals surface area contributed by atoms with Gasteiger partial charge in [0.1, 0.15) is 11.1 Å². The van der Waals surface area contributed by atoms with Gasteiger partial charge in [0.2, 0.25) is 5.91 Å². The molecule has 1 N–H and O–H groups in total. The van der Waals surface area contributed by atoms with E-state index in [0.29, 0.717) is 16.5 Å². The number of carboxylic acids is 1. The Morgan fingerprint density at radius 1 is 1.50 bits per heavy atom. The molecule has 0 fully saturated rings. The Morgan fingerprint density at radius 2 is 2.25 bits per heavy atom. The summed E-state index contributed by atoms with van der Waals surface area (Å²) < 4.78 is 0. The Morgan fingerprint density at radius 3 is 2.90 bits per heavy atom. The second-order valence-electron chi connectivity index (χ2n) is 5.09. The number of carbonyl (C=O) groups excluding carboxylic acids is 2. The molecular formula is C14H15N2O3S-. The molecule has 1 aliphatic carbocycles. The molecule has 1 amide bonds. The lowest BCUT2D eigenvalue weighted by atomic mass is 9.88. The van der Waals surface area contributed by atoms with Gasteiger partial charge in [-0.2, -0.15) is 5.26 Å². The van der Waals surface area contributed by atoms with Gasteiger partial charge in [-0.15, -0.1) is 11.3 Å². The fourth-order valence-electron chi connectivity index (χ4n) is 2.36. The van der Waals surface area contributed by atoms with E-state index in [1.54, 1.807) is 0 Å². The Balaban J connectivity index is 2.14. The van der Waals surface area contributed by atoms with Crippen LogP contribution in [0.1, 0.15) is 42.2 Å². The third kappa shape index (κ3) is 3.17. The average Bonchev–Trinajstić information content (AvgIpc) is 2.72. The highest BCUT2D eigenvalue weighted by molar-refractivity contribution is 7.16. The molecule has 1 aromatic rings. The molecule has 106 valence electrons. The molecule has 0 radical (unpaired) electrons. The summed E-state index contributed by atoms with van der Waals surface area (Å²) in [5.74, 6) is -1.05. The van der Waals surface area contributed by atoms with Gasteiger partial charge in [0.05, 0.1) is 5.56 Å². The predicted octanol–water partition coefficient (Wildman–Crippen LogP) is 1.21. The van der Waals surface area contributed by atoms with Crippen molar-refractivity contribution in [3.63, 3.8) is 0 Å². The summed E-state index contributed by atoms with van der Waals surface area (Å²) in [4.78, 5) is 23.2. The van der Waals surface area contributed by atoms with Crippen LogP contribution in [-0.2, 0) is 22.4 Å². The van der Waals surface area contributed by atoms with Gasteiger partial charge < -0.3 is 15.2 Å². The van der Waals surface area contributed by atoms with Crippen molar-refractivity contribution < 1.29 is 14.7 Å². The molecule has 1 aliphatic rings. The zero-order valence-electron chi connectivity index (χ0n) is 11.2. The number of thiophene rings is 1. The molecule has 0 saturated heterocycles. The maximum atomic E-state index is 11.7. The van der Waals surface area contributed by atoms with Gasteiger partial charge in [0, 0.05) is 17.3 Å². The molecule has 0 aromatic carbocycles. The number of carboxylic acid groups (broad SMARTS) is 1. The normalized spacial score (nSPS) is 17.1. The first-order valence-corrected chi connectivity index (χ1v) is 7.37. The van der Waals surface area contributed by atoms with Gasteiger partial charge in [-0.1, -0.05) is 6.92 Å². The molecule has 0 aliphatic heterocycles. The summed E-state index contributed by atoms with van der Waals surface area (Å²) >= 11 is 1.44. The largest absolute Gasteiger partial charge is 0.550 e. The molecule has 2 rings (SSSR count). The second-order valence-corrected chi connectivity index (χ2v) is 6.19. The van der Waals surface area contributed by atoms with Gasteiger partial charge in [-0.05, 0) is 37.2 Å². The van der Waals surface area contributed by atoms with Crippen molar-refractivity contribution in [1.29, 1.82) is 5.26 Å². The second kappa shape index (κ2) is 6.06. The van der Waals surface area contributed by atoms with Crippen molar-refractivity contribution in [3.8, 4) is 6.07 Å². The van der Waals surface area contributed by atoms with Crippen molar-refractivity contribution in [2.75, 3.05) is 5.32 Å². The molecule has 5 nitrogen and oxygen atoms in total. The number of amides is 1. The lowest BCUT2D eigenvalue weighted by molar-refractivity contribution is -0.305. The van der Waals surface area contributed by atoms with E-state index >= 15 is 0 Å². The maximum Gasteiger partial charge on any atom is 0.225 e. The highest BCUT2D eigenvalue weighted by Crippen LogP contribution is 2.39. The number of nitrogens with zero attached hydrogens (tertiary/aromatic N) is 1. The van der Waals surface area contributed by atoms with E-state index in [4.69, 9.17) is 0 Å². The fourth-order valence-corrected chi connectivity index (χ4v) is 3.74. The van der Waals surface area contributed by atoms with Crippen molar-refractivity contribution in [2.24, 2.45) is 5.92 Å². The van der Waals surface area contributed by atoms with Crippen LogP contribution in [0, 0.1) is 17.2 Å². The minimum absolute atomic E-state index is 0.133. The van der Waals surface area contributed by atoms with Crippen LogP contribution in [-0.4, -0.2) is 11.9 Å². The van der Waals surface area contributed by atoms with Crippen molar-refractivity contribution in [3.05, 3.63) is 16.0 Å². The van der Waals surface area contributed by atoms with Gasteiger partial charge in [0.15, 0.2) is 0 Å².